The number of phenols is 1. The maximum absolute atomic E-state index is 11.7. The molecule has 3 aromatic rings. The number of alkyl carbamates (subject to hydrolysis) is 1. The topological polar surface area (TPSA) is 91.4 Å². The van der Waals surface area contributed by atoms with Crippen LogP contribution in [0, 0.1) is 0 Å². The van der Waals surface area contributed by atoms with Crippen LogP contribution in [0.5, 0.6) is 5.75 Å². The number of H-pyrrole nitrogens is 1. The first-order valence-electron chi connectivity index (χ1n) is 7.41. The number of phenolic OH excluding ortho intramolecular Hbond substituents is 1. The number of benzene rings is 2. The van der Waals surface area contributed by atoms with Crippen molar-refractivity contribution in [3.05, 3.63) is 63.3 Å². The summed E-state index contributed by atoms with van der Waals surface area (Å²) in [7, 11) is 0. The van der Waals surface area contributed by atoms with Gasteiger partial charge in [-0.05, 0) is 23.6 Å². The first kappa shape index (κ1) is 16.1. The zero-order valence-electron chi connectivity index (χ0n) is 12.7. The van der Waals surface area contributed by atoms with E-state index < -0.39 is 6.09 Å². The average Bonchev–Trinajstić information content (AvgIpc) is 2.99. The van der Waals surface area contributed by atoms with Crippen LogP contribution in [0.1, 0.15) is 11.1 Å². The lowest BCUT2D eigenvalue weighted by Crippen LogP contribution is -2.26. The Bertz CT molecular complexity index is 902. The number of hydrogen-bond acceptors (Lipinski definition) is 5. The second-order valence-electron chi connectivity index (χ2n) is 5.20. The molecule has 0 atom stereocenters. The molecule has 0 spiro atoms. The number of carbonyl (C=O) groups excluding carboxylic acids is 1. The highest BCUT2D eigenvalue weighted by atomic mass is 32.1. The van der Waals surface area contributed by atoms with Crippen LogP contribution in [0.15, 0.2) is 47.3 Å². The number of carbonyl (C=O) groups is 1. The van der Waals surface area contributed by atoms with Gasteiger partial charge < -0.3 is 20.1 Å². The number of aromatic nitrogens is 1. The van der Waals surface area contributed by atoms with E-state index in [1.54, 1.807) is 6.07 Å². The van der Waals surface area contributed by atoms with Gasteiger partial charge in [0.1, 0.15) is 17.9 Å². The predicted octanol–water partition coefficient (Wildman–Crippen LogP) is 2.76. The lowest BCUT2D eigenvalue weighted by Gasteiger charge is -2.08. The van der Waals surface area contributed by atoms with Crippen molar-refractivity contribution in [1.82, 2.24) is 10.3 Å². The van der Waals surface area contributed by atoms with Gasteiger partial charge in [0.25, 0.3) is 0 Å². The number of thiazole rings is 1. The molecule has 3 N–H and O–H groups in total. The molecule has 1 amide bonds. The summed E-state index contributed by atoms with van der Waals surface area (Å²) >= 11 is 1.04. The third-order valence-corrected chi connectivity index (χ3v) is 4.47. The highest BCUT2D eigenvalue weighted by Crippen LogP contribution is 2.27. The molecular weight excluding hydrogens is 328 g/mol. The van der Waals surface area contributed by atoms with E-state index in [1.165, 1.54) is 6.07 Å². The fourth-order valence-corrected chi connectivity index (χ4v) is 3.24. The normalized spacial score (nSPS) is 10.7. The molecular formula is C17H16N2O4S. The molecule has 7 heteroatoms. The van der Waals surface area contributed by atoms with Gasteiger partial charge in [-0.3, -0.25) is 4.79 Å². The van der Waals surface area contributed by atoms with Crippen molar-refractivity contribution in [2.75, 3.05) is 6.54 Å². The van der Waals surface area contributed by atoms with E-state index in [2.05, 4.69) is 10.3 Å². The minimum Gasteiger partial charge on any atom is -0.506 e. The molecule has 0 aliphatic carbocycles. The van der Waals surface area contributed by atoms with Crippen molar-refractivity contribution < 1.29 is 14.6 Å². The molecule has 3 rings (SSSR count). The highest BCUT2D eigenvalue weighted by molar-refractivity contribution is 7.16. The van der Waals surface area contributed by atoms with Gasteiger partial charge in [-0.2, -0.15) is 0 Å². The quantitative estimate of drug-likeness (QED) is 0.664. The first-order chi connectivity index (χ1) is 11.6. The molecule has 2 aromatic carbocycles. The molecule has 6 nitrogen and oxygen atoms in total. The Morgan fingerprint density at radius 3 is 2.79 bits per heavy atom. The maximum Gasteiger partial charge on any atom is 0.407 e. The van der Waals surface area contributed by atoms with Crippen LogP contribution in [0.25, 0.3) is 10.2 Å². The fraction of sp³-hybridized carbons (Fsp3) is 0.176. The van der Waals surface area contributed by atoms with E-state index in [4.69, 9.17) is 4.74 Å². The van der Waals surface area contributed by atoms with Crippen LogP contribution in [0.2, 0.25) is 0 Å². The molecule has 0 fully saturated rings. The van der Waals surface area contributed by atoms with Gasteiger partial charge >= 0.3 is 11.0 Å². The van der Waals surface area contributed by atoms with Gasteiger partial charge in [-0.25, -0.2) is 4.79 Å². The minimum atomic E-state index is -0.490. The van der Waals surface area contributed by atoms with Crippen molar-refractivity contribution in [3.63, 3.8) is 0 Å². The Morgan fingerprint density at radius 2 is 2.00 bits per heavy atom. The fourth-order valence-electron chi connectivity index (χ4n) is 2.34. The summed E-state index contributed by atoms with van der Waals surface area (Å²) in [4.78, 5) is 25.5. The van der Waals surface area contributed by atoms with Crippen molar-refractivity contribution in [3.8, 4) is 5.75 Å². The van der Waals surface area contributed by atoms with Gasteiger partial charge in [0.05, 0.1) is 4.70 Å². The second kappa shape index (κ2) is 7.18. The van der Waals surface area contributed by atoms with Crippen molar-refractivity contribution in [2.45, 2.75) is 13.0 Å². The van der Waals surface area contributed by atoms with Crippen LogP contribution >= 0.6 is 11.3 Å². The number of hydrogen-bond donors (Lipinski definition) is 3. The van der Waals surface area contributed by atoms with Gasteiger partial charge in [0.2, 0.25) is 0 Å². The zero-order chi connectivity index (χ0) is 16.9. The van der Waals surface area contributed by atoms with Crippen LogP contribution < -0.4 is 10.2 Å². The summed E-state index contributed by atoms with van der Waals surface area (Å²) in [5.41, 5.74) is 2.24. The third kappa shape index (κ3) is 3.75. The van der Waals surface area contributed by atoms with Crippen molar-refractivity contribution in [2.24, 2.45) is 0 Å². The van der Waals surface area contributed by atoms with Crippen LogP contribution in [0.4, 0.5) is 4.79 Å². The Labute approximate surface area is 141 Å². The standard InChI is InChI=1S/C17H16N2O4S/c20-13-7-6-12(15-14(13)19-17(22)24-15)8-9-18-16(21)23-10-11-4-2-1-3-5-11/h1-7,20H,8-10H2,(H,18,21)(H,19,22). The molecule has 24 heavy (non-hydrogen) atoms. The van der Waals surface area contributed by atoms with E-state index >= 15 is 0 Å². The molecule has 124 valence electrons. The number of ether oxygens (including phenoxy) is 1. The lowest BCUT2D eigenvalue weighted by molar-refractivity contribution is 0.140. The van der Waals surface area contributed by atoms with Crippen molar-refractivity contribution >= 4 is 27.6 Å². The lowest BCUT2D eigenvalue weighted by atomic mass is 10.1. The zero-order valence-corrected chi connectivity index (χ0v) is 13.6. The molecule has 0 aliphatic rings. The Morgan fingerprint density at radius 1 is 1.21 bits per heavy atom. The molecule has 0 unspecified atom stereocenters. The number of aromatic amines is 1. The SMILES string of the molecule is O=C(NCCc1ccc(O)c2[nH]c(=O)sc12)OCc1ccccc1. The molecule has 0 aliphatic heterocycles. The highest BCUT2D eigenvalue weighted by Gasteiger charge is 2.10. The summed E-state index contributed by atoms with van der Waals surface area (Å²) < 4.78 is 5.84. The van der Waals surface area contributed by atoms with E-state index in [0.29, 0.717) is 23.2 Å². The second-order valence-corrected chi connectivity index (χ2v) is 6.18. The van der Waals surface area contributed by atoms with E-state index in [0.717, 1.165) is 22.5 Å². The Balaban J connectivity index is 1.54. The largest absolute Gasteiger partial charge is 0.506 e. The summed E-state index contributed by atoms with van der Waals surface area (Å²) in [5, 5.41) is 12.4. The smallest absolute Gasteiger partial charge is 0.407 e. The third-order valence-electron chi connectivity index (χ3n) is 3.52. The number of nitrogens with one attached hydrogen (secondary N) is 2. The average molecular weight is 344 g/mol. The van der Waals surface area contributed by atoms with Gasteiger partial charge in [-0.1, -0.05) is 47.7 Å². The van der Waals surface area contributed by atoms with E-state index in [1.807, 2.05) is 30.3 Å². The van der Waals surface area contributed by atoms with Crippen molar-refractivity contribution in [1.29, 1.82) is 0 Å². The molecule has 0 saturated carbocycles. The monoisotopic (exact) mass is 344 g/mol. The van der Waals surface area contributed by atoms with Crippen LogP contribution in [-0.2, 0) is 17.8 Å². The number of amides is 1. The first-order valence-corrected chi connectivity index (χ1v) is 8.23. The molecule has 0 radical (unpaired) electrons. The summed E-state index contributed by atoms with van der Waals surface area (Å²) in [6.07, 6.45) is 0.0431. The molecule has 1 aromatic heterocycles. The summed E-state index contributed by atoms with van der Waals surface area (Å²) in [6.45, 7) is 0.592. The Hall–Kier alpha value is -2.80. The summed E-state index contributed by atoms with van der Waals surface area (Å²) in [6, 6.07) is 12.7. The molecule has 0 saturated heterocycles. The Kier molecular flexibility index (Phi) is 4.81. The van der Waals surface area contributed by atoms with Gasteiger partial charge in [0.15, 0.2) is 0 Å². The molecule has 1 heterocycles. The van der Waals surface area contributed by atoms with E-state index in [9.17, 15) is 14.7 Å². The maximum atomic E-state index is 11.7. The van der Waals surface area contributed by atoms with Crippen LogP contribution in [-0.4, -0.2) is 22.7 Å². The number of aromatic hydroxyl groups is 1. The minimum absolute atomic E-state index is 0.0438. The molecule has 0 bridgehead atoms. The van der Waals surface area contributed by atoms with E-state index in [-0.39, 0.29) is 17.2 Å². The van der Waals surface area contributed by atoms with Gasteiger partial charge in [0, 0.05) is 6.54 Å². The van der Waals surface area contributed by atoms with Crippen LogP contribution in [0.3, 0.4) is 0 Å². The predicted molar refractivity (Wildman–Crippen MR) is 92.4 cm³/mol. The number of fused-ring (bicyclic) bond motifs is 1. The summed E-state index contributed by atoms with van der Waals surface area (Å²) in [5.74, 6) is 0.0438. The van der Waals surface area contributed by atoms with Gasteiger partial charge in [-0.15, -0.1) is 0 Å². The number of rotatable bonds is 5.